The molecule has 2 aliphatic rings. The molecule has 4 nitrogen and oxygen atoms in total. The Balaban J connectivity index is 1.57. The Kier molecular flexibility index (Phi) is 3.20. The Labute approximate surface area is 106 Å². The molecule has 92 valence electrons. The first-order valence-electron chi connectivity index (χ1n) is 6.18. The van der Waals surface area contributed by atoms with Crippen LogP contribution in [-0.4, -0.2) is 58.6 Å². The van der Waals surface area contributed by atoms with Gasteiger partial charge in [-0.3, -0.25) is 9.88 Å². The van der Waals surface area contributed by atoms with Gasteiger partial charge in [0.15, 0.2) is 0 Å². The number of rotatable bonds is 2. The zero-order chi connectivity index (χ0) is 11.7. The van der Waals surface area contributed by atoms with Gasteiger partial charge in [-0.25, -0.2) is 4.98 Å². The molecule has 1 aromatic heterocycles. The Morgan fingerprint density at radius 3 is 2.71 bits per heavy atom. The summed E-state index contributed by atoms with van der Waals surface area (Å²) >= 11 is 2.07. The molecule has 0 saturated carbocycles. The summed E-state index contributed by atoms with van der Waals surface area (Å²) in [6.45, 7) is 6.73. The molecule has 3 rings (SSSR count). The van der Waals surface area contributed by atoms with Gasteiger partial charge in [-0.2, -0.15) is 11.8 Å². The van der Waals surface area contributed by atoms with Gasteiger partial charge in [0.2, 0.25) is 0 Å². The van der Waals surface area contributed by atoms with E-state index in [1.165, 1.54) is 24.6 Å². The van der Waals surface area contributed by atoms with Gasteiger partial charge in [-0.1, -0.05) is 0 Å². The minimum absolute atomic E-state index is 0.734. The molecule has 0 amide bonds. The number of nitrogens with zero attached hydrogens (tertiary/aromatic N) is 4. The van der Waals surface area contributed by atoms with Crippen LogP contribution in [0.2, 0.25) is 0 Å². The molecule has 17 heavy (non-hydrogen) atoms. The standard InChI is InChI=1S/C12H18N4S/c1-10-6-13-7-12(14-10)16-8-11(9-16)15-2-4-17-5-3-15/h6-7,11H,2-5,8-9H2,1H3. The van der Waals surface area contributed by atoms with Crippen molar-refractivity contribution < 1.29 is 0 Å². The molecule has 1 aromatic rings. The lowest BCUT2D eigenvalue weighted by Crippen LogP contribution is -2.61. The lowest BCUT2D eigenvalue weighted by Gasteiger charge is -2.47. The second kappa shape index (κ2) is 4.82. The fourth-order valence-corrected chi connectivity index (χ4v) is 3.35. The van der Waals surface area contributed by atoms with E-state index >= 15 is 0 Å². The molecule has 0 bridgehead atoms. The molecule has 2 aliphatic heterocycles. The first-order chi connectivity index (χ1) is 8.33. The van der Waals surface area contributed by atoms with Crippen molar-refractivity contribution in [2.45, 2.75) is 13.0 Å². The molecular formula is C12H18N4S. The van der Waals surface area contributed by atoms with E-state index in [4.69, 9.17) is 0 Å². The maximum atomic E-state index is 4.52. The minimum Gasteiger partial charge on any atom is -0.352 e. The Bertz CT molecular complexity index is 386. The van der Waals surface area contributed by atoms with Gasteiger partial charge in [0, 0.05) is 49.9 Å². The van der Waals surface area contributed by atoms with E-state index in [2.05, 4.69) is 31.5 Å². The third-order valence-electron chi connectivity index (χ3n) is 3.49. The van der Waals surface area contributed by atoms with E-state index in [9.17, 15) is 0 Å². The second-order valence-electron chi connectivity index (χ2n) is 4.73. The Morgan fingerprint density at radius 1 is 1.24 bits per heavy atom. The molecule has 2 fully saturated rings. The van der Waals surface area contributed by atoms with Crippen LogP contribution >= 0.6 is 11.8 Å². The Hall–Kier alpha value is -0.810. The number of hydrogen-bond acceptors (Lipinski definition) is 5. The molecular weight excluding hydrogens is 232 g/mol. The maximum absolute atomic E-state index is 4.52. The summed E-state index contributed by atoms with van der Waals surface area (Å²) in [5.74, 6) is 3.62. The van der Waals surface area contributed by atoms with Crippen molar-refractivity contribution in [1.29, 1.82) is 0 Å². The lowest BCUT2D eigenvalue weighted by molar-refractivity contribution is 0.182. The van der Waals surface area contributed by atoms with Gasteiger partial charge in [0.25, 0.3) is 0 Å². The molecule has 0 aromatic carbocycles. The predicted molar refractivity (Wildman–Crippen MR) is 71.7 cm³/mol. The molecule has 2 saturated heterocycles. The fraction of sp³-hybridized carbons (Fsp3) is 0.667. The zero-order valence-electron chi connectivity index (χ0n) is 10.2. The summed E-state index contributed by atoms with van der Waals surface area (Å²) in [4.78, 5) is 13.7. The molecule has 0 unspecified atom stereocenters. The third-order valence-corrected chi connectivity index (χ3v) is 4.43. The largest absolute Gasteiger partial charge is 0.352 e. The number of hydrogen-bond donors (Lipinski definition) is 0. The van der Waals surface area contributed by atoms with Crippen molar-refractivity contribution in [1.82, 2.24) is 14.9 Å². The monoisotopic (exact) mass is 250 g/mol. The van der Waals surface area contributed by atoms with E-state index in [1.807, 2.05) is 19.3 Å². The first kappa shape index (κ1) is 11.3. The summed E-state index contributed by atoms with van der Waals surface area (Å²) < 4.78 is 0. The molecule has 0 atom stereocenters. The van der Waals surface area contributed by atoms with Crippen LogP contribution < -0.4 is 4.90 Å². The minimum atomic E-state index is 0.734. The van der Waals surface area contributed by atoms with Gasteiger partial charge >= 0.3 is 0 Å². The van der Waals surface area contributed by atoms with Crippen LogP contribution in [0.15, 0.2) is 12.4 Å². The molecule has 3 heterocycles. The SMILES string of the molecule is Cc1cncc(N2CC(N3CCSCC3)C2)n1. The highest BCUT2D eigenvalue weighted by Crippen LogP contribution is 2.23. The number of thioether (sulfide) groups is 1. The van der Waals surface area contributed by atoms with E-state index in [0.29, 0.717) is 0 Å². The average Bonchev–Trinajstić information content (AvgIpc) is 2.28. The van der Waals surface area contributed by atoms with Crippen LogP contribution in [0.3, 0.4) is 0 Å². The molecule has 0 spiro atoms. The predicted octanol–water partition coefficient (Wildman–Crippen LogP) is 1.02. The summed E-state index contributed by atoms with van der Waals surface area (Å²) in [5.41, 5.74) is 1.00. The average molecular weight is 250 g/mol. The van der Waals surface area contributed by atoms with Gasteiger partial charge in [-0.05, 0) is 6.92 Å². The lowest BCUT2D eigenvalue weighted by atomic mass is 10.1. The van der Waals surface area contributed by atoms with Crippen molar-refractivity contribution in [2.24, 2.45) is 0 Å². The van der Waals surface area contributed by atoms with Crippen LogP contribution in [0.1, 0.15) is 5.69 Å². The zero-order valence-corrected chi connectivity index (χ0v) is 11.0. The van der Waals surface area contributed by atoms with E-state index in [1.54, 1.807) is 0 Å². The summed E-state index contributed by atoms with van der Waals surface area (Å²) in [6, 6.07) is 0.734. The molecule has 5 heteroatoms. The van der Waals surface area contributed by atoms with Crippen molar-refractivity contribution in [3.05, 3.63) is 18.1 Å². The number of aryl methyl sites for hydroxylation is 1. The van der Waals surface area contributed by atoms with E-state index in [0.717, 1.165) is 30.6 Å². The molecule has 0 radical (unpaired) electrons. The van der Waals surface area contributed by atoms with Gasteiger partial charge in [0.1, 0.15) is 5.82 Å². The van der Waals surface area contributed by atoms with Gasteiger partial charge < -0.3 is 4.90 Å². The normalized spacial score (nSPS) is 22.5. The summed E-state index contributed by atoms with van der Waals surface area (Å²) in [5, 5.41) is 0. The van der Waals surface area contributed by atoms with Crippen LogP contribution in [0.4, 0.5) is 5.82 Å². The van der Waals surface area contributed by atoms with Gasteiger partial charge in [0.05, 0.1) is 11.9 Å². The second-order valence-corrected chi connectivity index (χ2v) is 5.95. The van der Waals surface area contributed by atoms with Crippen molar-refractivity contribution in [2.75, 3.05) is 42.6 Å². The Morgan fingerprint density at radius 2 is 2.00 bits per heavy atom. The third kappa shape index (κ3) is 2.40. The quantitative estimate of drug-likeness (QED) is 0.782. The van der Waals surface area contributed by atoms with Crippen LogP contribution in [-0.2, 0) is 0 Å². The van der Waals surface area contributed by atoms with Crippen LogP contribution in [0.5, 0.6) is 0 Å². The molecule has 0 aliphatic carbocycles. The first-order valence-corrected chi connectivity index (χ1v) is 7.34. The van der Waals surface area contributed by atoms with Crippen LogP contribution in [0.25, 0.3) is 0 Å². The van der Waals surface area contributed by atoms with Gasteiger partial charge in [-0.15, -0.1) is 0 Å². The topological polar surface area (TPSA) is 32.3 Å². The summed E-state index contributed by atoms with van der Waals surface area (Å²) in [6.07, 6.45) is 3.68. The van der Waals surface area contributed by atoms with Crippen molar-refractivity contribution in [3.63, 3.8) is 0 Å². The fourth-order valence-electron chi connectivity index (χ4n) is 2.42. The van der Waals surface area contributed by atoms with Crippen molar-refractivity contribution in [3.8, 4) is 0 Å². The van der Waals surface area contributed by atoms with E-state index in [-0.39, 0.29) is 0 Å². The highest BCUT2D eigenvalue weighted by atomic mass is 32.2. The van der Waals surface area contributed by atoms with Crippen molar-refractivity contribution >= 4 is 17.6 Å². The van der Waals surface area contributed by atoms with Crippen LogP contribution in [0, 0.1) is 6.92 Å². The smallest absolute Gasteiger partial charge is 0.147 e. The summed E-state index contributed by atoms with van der Waals surface area (Å²) in [7, 11) is 0. The maximum Gasteiger partial charge on any atom is 0.147 e. The van der Waals surface area contributed by atoms with E-state index < -0.39 is 0 Å². The highest BCUT2D eigenvalue weighted by molar-refractivity contribution is 7.99. The number of aromatic nitrogens is 2. The molecule has 0 N–H and O–H groups in total. The highest BCUT2D eigenvalue weighted by Gasteiger charge is 2.33. The number of anilines is 1.